The summed E-state index contributed by atoms with van der Waals surface area (Å²) in [5.74, 6) is -1.47. The summed E-state index contributed by atoms with van der Waals surface area (Å²) in [4.78, 5) is 16.2. The van der Waals surface area contributed by atoms with E-state index in [1.165, 1.54) is 0 Å². The molecule has 41 heavy (non-hydrogen) atoms. The van der Waals surface area contributed by atoms with Crippen molar-refractivity contribution in [3.63, 3.8) is 0 Å². The van der Waals surface area contributed by atoms with Gasteiger partial charge in [0.05, 0.1) is 19.3 Å². The van der Waals surface area contributed by atoms with Gasteiger partial charge in [-0.25, -0.2) is 0 Å². The maximum Gasteiger partial charge on any atom is 0.373 e. The van der Waals surface area contributed by atoms with Gasteiger partial charge in [-0.15, -0.1) is 11.6 Å². The van der Waals surface area contributed by atoms with E-state index in [0.717, 1.165) is 34.2 Å². The number of hydrogen-bond acceptors (Lipinski definition) is 10. The van der Waals surface area contributed by atoms with Gasteiger partial charge in [-0.05, 0) is 70.4 Å². The molecule has 1 spiro atoms. The maximum absolute atomic E-state index is 8.12. The molecule has 12 heteroatoms. The molecule has 0 N–H and O–H groups in total. The number of alkyl halides is 1. The third-order valence-electron chi connectivity index (χ3n) is 8.88. The molecule has 0 radical (unpaired) electrons. The fourth-order valence-corrected chi connectivity index (χ4v) is 8.18. The van der Waals surface area contributed by atoms with Crippen molar-refractivity contribution < 1.29 is 47.5 Å². The van der Waals surface area contributed by atoms with E-state index in [1.54, 1.807) is 7.11 Å². The van der Waals surface area contributed by atoms with Crippen LogP contribution in [-0.2, 0) is 42.7 Å². The number of rotatable bonds is 8. The van der Waals surface area contributed by atoms with Crippen LogP contribution in [0.25, 0.3) is 0 Å². The highest BCUT2D eigenvalue weighted by Crippen LogP contribution is 2.64. The molecule has 7 aliphatic heterocycles. The first-order valence-corrected chi connectivity index (χ1v) is 15.6. The van der Waals surface area contributed by atoms with Gasteiger partial charge in [0.25, 0.3) is 0 Å². The molecule has 6 bridgehead atoms. The second-order valence-corrected chi connectivity index (χ2v) is 13.4. The summed E-state index contributed by atoms with van der Waals surface area (Å²) in [7, 11) is 1.65. The van der Waals surface area contributed by atoms with Crippen molar-refractivity contribution in [1.29, 1.82) is 0 Å². The third-order valence-corrected chi connectivity index (χ3v) is 9.69. The molecular formula is C29H34ClIO10. The van der Waals surface area contributed by atoms with Crippen molar-refractivity contribution in [3.8, 4) is 5.75 Å². The second-order valence-electron chi connectivity index (χ2n) is 11.3. The van der Waals surface area contributed by atoms with Crippen molar-refractivity contribution >= 4 is 40.3 Å². The molecule has 0 aliphatic carbocycles. The van der Waals surface area contributed by atoms with Crippen LogP contribution in [0, 0.1) is 0 Å². The average molecular weight is 705 g/mol. The predicted octanol–water partition coefficient (Wildman–Crippen LogP) is 4.57. The third kappa shape index (κ3) is 5.09. The number of allylic oxidation sites excluding steroid dienone is 1. The van der Waals surface area contributed by atoms with E-state index in [0.29, 0.717) is 19.3 Å². The zero-order chi connectivity index (χ0) is 28.9. The van der Waals surface area contributed by atoms with Crippen molar-refractivity contribution in [2.24, 2.45) is 0 Å². The van der Waals surface area contributed by atoms with Gasteiger partial charge in [0, 0.05) is 17.4 Å². The first kappa shape index (κ1) is 29.9. The first-order chi connectivity index (χ1) is 19.8. The Bertz CT molecular complexity index is 1160. The minimum absolute atomic E-state index is 0.0657. The number of fused-ring (bicyclic) bond motifs is 1. The molecule has 7 aliphatic rings. The molecule has 0 aromatic heterocycles. The Labute approximate surface area is 257 Å². The molecule has 12 atom stereocenters. The van der Waals surface area contributed by atoms with Crippen LogP contribution in [0.4, 0.5) is 0 Å². The summed E-state index contributed by atoms with van der Waals surface area (Å²) in [6.07, 6.45) is 2.11. The van der Waals surface area contributed by atoms with E-state index in [1.807, 2.05) is 24.3 Å². The Hall–Kier alpha value is -1.12. The Morgan fingerprint density at radius 1 is 1.07 bits per heavy atom. The summed E-state index contributed by atoms with van der Waals surface area (Å²) in [6, 6.07) is 7.68. The van der Waals surface area contributed by atoms with Crippen molar-refractivity contribution in [2.45, 2.75) is 118 Å². The molecular weight excluding hydrogens is 671 g/mol. The molecule has 7 heterocycles. The summed E-state index contributed by atoms with van der Waals surface area (Å²) in [5.41, 5.74) is 0.873. The predicted molar refractivity (Wildman–Crippen MR) is 150 cm³/mol. The van der Waals surface area contributed by atoms with Crippen LogP contribution >= 0.6 is 34.2 Å². The fourth-order valence-electron chi connectivity index (χ4n) is 7.09. The van der Waals surface area contributed by atoms with Crippen LogP contribution in [0.5, 0.6) is 5.75 Å². The lowest BCUT2D eigenvalue weighted by molar-refractivity contribution is -0.328. The highest BCUT2D eigenvalue weighted by atomic mass is 127. The molecule has 1 aromatic carbocycles. The largest absolute Gasteiger partial charge is 0.497 e. The average Bonchev–Trinajstić information content (AvgIpc) is 3.51. The number of benzene rings is 1. The summed E-state index contributed by atoms with van der Waals surface area (Å²) < 4.78 is 53.5. The Morgan fingerprint density at radius 3 is 2.49 bits per heavy atom. The lowest BCUT2D eigenvalue weighted by atomic mass is 9.86. The van der Waals surface area contributed by atoms with Crippen LogP contribution in [0.1, 0.15) is 57.3 Å². The van der Waals surface area contributed by atoms with Gasteiger partial charge in [-0.2, -0.15) is 9.59 Å². The molecule has 2 unspecified atom stereocenters. The standard InChI is InChI=1S/C28H34ClIO8.CO2/c1-4-17-9-10-19-20(32-17)21-22-23(33-19)24-28(36-22)26(27(35-21,37-24)12-11-16(29)13-14(2)30)34-25(38-28)15-5-7-18(31-3)8-6-15;2-1-3/h5-8,16-17,19-26H,2,4,9-13H2,1,3H3;/t16-,17+,19+,20+,21+,22+,23?,24+,25+,26+,27-,28?;/m1./s1. The molecule has 8 rings (SSSR count). The summed E-state index contributed by atoms with van der Waals surface area (Å²) >= 11 is 8.95. The number of ether oxygens (including phenoxy) is 8. The number of methoxy groups -OCH3 is 1. The van der Waals surface area contributed by atoms with Gasteiger partial charge in [0.1, 0.15) is 36.3 Å². The SMILES string of the molecule is C=C(I)C[C@H](Cl)CC[C@]12O[C@H]3[C@H]4O[C@@H](CC)CC[C@@H]4OC4[C@H]3OC3(O[C@@H](c5ccc(OC)cc5)O[C@H]31)[C@H]4O2.O=C=O. The van der Waals surface area contributed by atoms with Gasteiger partial charge >= 0.3 is 6.15 Å². The van der Waals surface area contributed by atoms with E-state index < -0.39 is 30.1 Å². The maximum atomic E-state index is 8.12. The van der Waals surface area contributed by atoms with E-state index in [4.69, 9.17) is 59.1 Å². The number of hydrogen-bond donors (Lipinski definition) is 0. The van der Waals surface area contributed by atoms with E-state index in [9.17, 15) is 0 Å². The van der Waals surface area contributed by atoms with Crippen LogP contribution in [0.3, 0.4) is 0 Å². The van der Waals surface area contributed by atoms with E-state index in [-0.39, 0.29) is 48.2 Å². The van der Waals surface area contributed by atoms with Gasteiger partial charge in [0.15, 0.2) is 12.4 Å². The topological polar surface area (TPSA) is 108 Å². The number of carbonyl (C=O) groups excluding carboxylic acids is 2. The molecule has 224 valence electrons. The van der Waals surface area contributed by atoms with Gasteiger partial charge in [-0.3, -0.25) is 0 Å². The summed E-state index contributed by atoms with van der Waals surface area (Å²) in [6.45, 7) is 6.17. The molecule has 7 saturated heterocycles. The zero-order valence-corrected chi connectivity index (χ0v) is 25.8. The number of halogens is 2. The Balaban J connectivity index is 0.000000967. The normalized spacial score (nSPS) is 43.7. The monoisotopic (exact) mass is 704 g/mol. The second kappa shape index (κ2) is 11.8. The molecule has 0 saturated carbocycles. The highest BCUT2D eigenvalue weighted by Gasteiger charge is 2.83. The van der Waals surface area contributed by atoms with Crippen molar-refractivity contribution in [1.82, 2.24) is 0 Å². The molecule has 0 amide bonds. The fraction of sp³-hybridized carbons (Fsp3) is 0.690. The lowest BCUT2D eigenvalue weighted by Crippen LogP contribution is -2.62. The quantitative estimate of drug-likeness (QED) is 0.282. The van der Waals surface area contributed by atoms with Gasteiger partial charge < -0.3 is 37.9 Å². The van der Waals surface area contributed by atoms with Crippen LogP contribution in [0.2, 0.25) is 0 Å². The van der Waals surface area contributed by atoms with Crippen LogP contribution in [0.15, 0.2) is 34.4 Å². The van der Waals surface area contributed by atoms with Gasteiger partial charge in [-0.1, -0.05) is 25.6 Å². The van der Waals surface area contributed by atoms with Gasteiger partial charge in [0.2, 0.25) is 11.6 Å². The zero-order valence-electron chi connectivity index (χ0n) is 22.9. The Morgan fingerprint density at radius 2 is 1.80 bits per heavy atom. The lowest BCUT2D eigenvalue weighted by Gasteiger charge is -2.47. The van der Waals surface area contributed by atoms with Crippen molar-refractivity contribution in [3.05, 3.63) is 40.0 Å². The molecule has 7 fully saturated rings. The van der Waals surface area contributed by atoms with Crippen molar-refractivity contribution in [2.75, 3.05) is 7.11 Å². The Kier molecular flexibility index (Phi) is 8.58. The first-order valence-electron chi connectivity index (χ1n) is 14.1. The minimum Gasteiger partial charge on any atom is -0.497 e. The minimum atomic E-state index is -1.14. The van der Waals surface area contributed by atoms with Crippen LogP contribution in [-0.4, -0.2) is 79.0 Å². The van der Waals surface area contributed by atoms with Crippen LogP contribution < -0.4 is 4.74 Å². The summed E-state index contributed by atoms with van der Waals surface area (Å²) in [5, 5.41) is -0.103. The molecule has 1 aromatic rings. The van der Waals surface area contributed by atoms with E-state index in [2.05, 4.69) is 36.1 Å². The van der Waals surface area contributed by atoms with E-state index >= 15 is 0 Å². The highest BCUT2D eigenvalue weighted by molar-refractivity contribution is 14.1. The molecule has 10 nitrogen and oxygen atoms in total. The smallest absolute Gasteiger partial charge is 0.373 e.